The maximum atomic E-state index is 5.61. The number of ether oxygens (including phenoxy) is 2. The fraction of sp³-hybridized carbons (Fsp3) is 0.400. The Morgan fingerprint density at radius 2 is 1.84 bits per heavy atom. The second-order valence-corrected chi connectivity index (χ2v) is 6.50. The molecule has 0 bridgehead atoms. The second-order valence-electron chi connectivity index (χ2n) is 5.65. The molecule has 0 unspecified atom stereocenters. The molecule has 1 aliphatic rings. The summed E-state index contributed by atoms with van der Waals surface area (Å²) >= 11 is 1.71. The third kappa shape index (κ3) is 2.45. The fourth-order valence-electron chi connectivity index (χ4n) is 1.95. The minimum atomic E-state index is 0.0940. The Morgan fingerprint density at radius 3 is 2.53 bits per heavy atom. The van der Waals surface area contributed by atoms with Crippen molar-refractivity contribution >= 4 is 11.3 Å². The van der Waals surface area contributed by atoms with Crippen LogP contribution in [0.5, 0.6) is 11.5 Å². The summed E-state index contributed by atoms with van der Waals surface area (Å²) in [7, 11) is 0. The van der Waals surface area contributed by atoms with Gasteiger partial charge < -0.3 is 9.47 Å². The standard InChI is InChI=1S/C15H17NO2S/c1-15(2,3)14-16-11(9-19-14)10-4-5-12-13(8-10)18-7-6-17-12/h4-5,8-9H,6-7H2,1-3H3. The molecular weight excluding hydrogens is 258 g/mol. The molecule has 0 radical (unpaired) electrons. The van der Waals surface area contributed by atoms with E-state index in [-0.39, 0.29) is 5.41 Å². The SMILES string of the molecule is CC(C)(C)c1nc(-c2ccc3c(c2)OCCO3)cs1. The molecule has 0 amide bonds. The summed E-state index contributed by atoms with van der Waals surface area (Å²) in [6.07, 6.45) is 0. The number of hydrogen-bond donors (Lipinski definition) is 0. The summed E-state index contributed by atoms with van der Waals surface area (Å²) in [6.45, 7) is 7.77. The number of fused-ring (bicyclic) bond motifs is 1. The molecule has 19 heavy (non-hydrogen) atoms. The van der Waals surface area contributed by atoms with E-state index in [9.17, 15) is 0 Å². The van der Waals surface area contributed by atoms with Gasteiger partial charge in [-0.3, -0.25) is 0 Å². The zero-order valence-corrected chi connectivity index (χ0v) is 12.2. The molecular formula is C15H17NO2S. The summed E-state index contributed by atoms with van der Waals surface area (Å²) < 4.78 is 11.1. The Labute approximate surface area is 117 Å². The number of benzene rings is 1. The lowest BCUT2D eigenvalue weighted by Gasteiger charge is -2.18. The van der Waals surface area contributed by atoms with Crippen LogP contribution in [0.15, 0.2) is 23.6 Å². The van der Waals surface area contributed by atoms with Crippen molar-refractivity contribution in [3.8, 4) is 22.8 Å². The number of thiazole rings is 1. The van der Waals surface area contributed by atoms with E-state index >= 15 is 0 Å². The Hall–Kier alpha value is -1.55. The van der Waals surface area contributed by atoms with Crippen LogP contribution in [-0.2, 0) is 5.41 Å². The van der Waals surface area contributed by atoms with Crippen LogP contribution < -0.4 is 9.47 Å². The van der Waals surface area contributed by atoms with Gasteiger partial charge >= 0.3 is 0 Å². The van der Waals surface area contributed by atoms with Crippen LogP contribution in [0, 0.1) is 0 Å². The first-order valence-electron chi connectivity index (χ1n) is 6.40. The summed E-state index contributed by atoms with van der Waals surface area (Å²) in [5, 5.41) is 3.25. The lowest BCUT2D eigenvalue weighted by molar-refractivity contribution is 0.171. The van der Waals surface area contributed by atoms with E-state index in [0.717, 1.165) is 27.8 Å². The highest BCUT2D eigenvalue weighted by Gasteiger charge is 2.19. The summed E-state index contributed by atoms with van der Waals surface area (Å²) in [4.78, 5) is 4.72. The molecule has 100 valence electrons. The average Bonchev–Trinajstić information content (AvgIpc) is 2.87. The van der Waals surface area contributed by atoms with E-state index in [4.69, 9.17) is 14.5 Å². The molecule has 3 nitrogen and oxygen atoms in total. The van der Waals surface area contributed by atoms with Gasteiger partial charge in [-0.15, -0.1) is 11.3 Å². The first kappa shape index (κ1) is 12.5. The van der Waals surface area contributed by atoms with Crippen molar-refractivity contribution in [3.63, 3.8) is 0 Å². The van der Waals surface area contributed by atoms with Gasteiger partial charge in [-0.05, 0) is 18.2 Å². The monoisotopic (exact) mass is 275 g/mol. The van der Waals surface area contributed by atoms with Crippen LogP contribution >= 0.6 is 11.3 Å². The Bertz CT molecular complexity index is 598. The van der Waals surface area contributed by atoms with Gasteiger partial charge in [-0.1, -0.05) is 20.8 Å². The Balaban J connectivity index is 1.96. The van der Waals surface area contributed by atoms with E-state index in [2.05, 4.69) is 26.2 Å². The van der Waals surface area contributed by atoms with Crippen molar-refractivity contribution in [2.24, 2.45) is 0 Å². The first-order chi connectivity index (χ1) is 9.04. The molecule has 0 N–H and O–H groups in total. The largest absolute Gasteiger partial charge is 0.486 e. The highest BCUT2D eigenvalue weighted by Crippen LogP contribution is 2.36. The van der Waals surface area contributed by atoms with Crippen LogP contribution in [0.4, 0.5) is 0 Å². The lowest BCUT2D eigenvalue weighted by atomic mass is 9.98. The summed E-state index contributed by atoms with van der Waals surface area (Å²) in [6, 6.07) is 6.00. The van der Waals surface area contributed by atoms with E-state index in [1.165, 1.54) is 0 Å². The molecule has 4 heteroatoms. The Kier molecular flexibility index (Phi) is 2.97. The molecule has 2 aromatic rings. The van der Waals surface area contributed by atoms with Crippen molar-refractivity contribution in [2.75, 3.05) is 13.2 Å². The number of rotatable bonds is 1. The molecule has 1 aliphatic heterocycles. The van der Waals surface area contributed by atoms with E-state index in [1.807, 2.05) is 18.2 Å². The van der Waals surface area contributed by atoms with Gasteiger partial charge in [0.1, 0.15) is 13.2 Å². The smallest absolute Gasteiger partial charge is 0.162 e. The van der Waals surface area contributed by atoms with Gasteiger partial charge in [-0.2, -0.15) is 0 Å². The third-order valence-corrected chi connectivity index (χ3v) is 4.25. The van der Waals surface area contributed by atoms with Crippen molar-refractivity contribution in [2.45, 2.75) is 26.2 Å². The van der Waals surface area contributed by atoms with Crippen LogP contribution in [-0.4, -0.2) is 18.2 Å². The number of hydrogen-bond acceptors (Lipinski definition) is 4. The molecule has 0 atom stereocenters. The normalized spacial score (nSPS) is 14.5. The topological polar surface area (TPSA) is 31.4 Å². The van der Waals surface area contributed by atoms with Gasteiger partial charge in [0.15, 0.2) is 11.5 Å². The van der Waals surface area contributed by atoms with Crippen molar-refractivity contribution in [1.82, 2.24) is 4.98 Å². The molecule has 1 aromatic heterocycles. The highest BCUT2D eigenvalue weighted by molar-refractivity contribution is 7.10. The minimum absolute atomic E-state index is 0.0940. The van der Waals surface area contributed by atoms with Crippen LogP contribution in [0.1, 0.15) is 25.8 Å². The molecule has 0 aliphatic carbocycles. The summed E-state index contributed by atoms with van der Waals surface area (Å²) in [5.41, 5.74) is 2.18. The predicted molar refractivity (Wildman–Crippen MR) is 77.2 cm³/mol. The zero-order valence-electron chi connectivity index (χ0n) is 11.4. The van der Waals surface area contributed by atoms with Crippen LogP contribution in [0.2, 0.25) is 0 Å². The maximum Gasteiger partial charge on any atom is 0.162 e. The van der Waals surface area contributed by atoms with Crippen molar-refractivity contribution in [3.05, 3.63) is 28.6 Å². The quantitative estimate of drug-likeness (QED) is 0.791. The van der Waals surface area contributed by atoms with Gasteiger partial charge in [0.05, 0.1) is 10.7 Å². The van der Waals surface area contributed by atoms with E-state index in [0.29, 0.717) is 13.2 Å². The third-order valence-electron chi connectivity index (χ3n) is 2.98. The molecule has 0 spiro atoms. The summed E-state index contributed by atoms with van der Waals surface area (Å²) in [5.74, 6) is 1.63. The lowest BCUT2D eigenvalue weighted by Crippen LogP contribution is -2.15. The van der Waals surface area contributed by atoms with Gasteiger partial charge in [0.25, 0.3) is 0 Å². The second kappa shape index (κ2) is 4.53. The van der Waals surface area contributed by atoms with E-state index in [1.54, 1.807) is 11.3 Å². The zero-order chi connectivity index (χ0) is 13.5. The van der Waals surface area contributed by atoms with E-state index < -0.39 is 0 Å². The number of aromatic nitrogens is 1. The first-order valence-corrected chi connectivity index (χ1v) is 7.28. The predicted octanol–water partition coefficient (Wildman–Crippen LogP) is 3.88. The molecule has 0 saturated carbocycles. The minimum Gasteiger partial charge on any atom is -0.486 e. The molecule has 3 rings (SSSR count). The highest BCUT2D eigenvalue weighted by atomic mass is 32.1. The van der Waals surface area contributed by atoms with Gasteiger partial charge in [0, 0.05) is 16.4 Å². The molecule has 0 fully saturated rings. The molecule has 1 aromatic carbocycles. The van der Waals surface area contributed by atoms with Gasteiger partial charge in [0.2, 0.25) is 0 Å². The maximum absolute atomic E-state index is 5.61. The number of nitrogens with zero attached hydrogens (tertiary/aromatic N) is 1. The Morgan fingerprint density at radius 1 is 1.11 bits per heavy atom. The van der Waals surface area contributed by atoms with Crippen molar-refractivity contribution < 1.29 is 9.47 Å². The average molecular weight is 275 g/mol. The molecule has 2 heterocycles. The fourth-order valence-corrected chi connectivity index (χ4v) is 2.87. The van der Waals surface area contributed by atoms with Crippen LogP contribution in [0.3, 0.4) is 0 Å². The van der Waals surface area contributed by atoms with Crippen molar-refractivity contribution in [1.29, 1.82) is 0 Å². The molecule has 0 saturated heterocycles. The van der Waals surface area contributed by atoms with Gasteiger partial charge in [-0.25, -0.2) is 4.98 Å². The van der Waals surface area contributed by atoms with Crippen LogP contribution in [0.25, 0.3) is 11.3 Å².